The summed E-state index contributed by atoms with van der Waals surface area (Å²) in [5.41, 5.74) is 7.31. The van der Waals surface area contributed by atoms with Crippen LogP contribution in [0.3, 0.4) is 0 Å². The molecule has 0 bridgehead atoms. The third-order valence-corrected chi connectivity index (χ3v) is 4.88. The summed E-state index contributed by atoms with van der Waals surface area (Å²) in [6.45, 7) is 6.27. The number of nitriles is 1. The van der Waals surface area contributed by atoms with Gasteiger partial charge in [0.2, 0.25) is 0 Å². The number of aromatic nitrogens is 2. The Hall–Kier alpha value is -2.57. The summed E-state index contributed by atoms with van der Waals surface area (Å²) in [6.07, 6.45) is 1.90. The van der Waals surface area contributed by atoms with Crippen molar-refractivity contribution in [1.82, 2.24) is 9.78 Å². The highest BCUT2D eigenvalue weighted by Gasteiger charge is 2.14. The lowest BCUT2D eigenvalue weighted by atomic mass is 10.0. The molecule has 0 radical (unpaired) electrons. The second kappa shape index (κ2) is 7.13. The fraction of sp³-hybridized carbons (Fsp3) is 0.238. The van der Waals surface area contributed by atoms with E-state index in [9.17, 15) is 0 Å². The van der Waals surface area contributed by atoms with Gasteiger partial charge in [-0.2, -0.15) is 10.4 Å². The van der Waals surface area contributed by atoms with E-state index in [4.69, 9.17) is 16.9 Å². The van der Waals surface area contributed by atoms with Gasteiger partial charge in [0.1, 0.15) is 6.07 Å². The van der Waals surface area contributed by atoms with E-state index in [1.165, 1.54) is 16.7 Å². The molecule has 126 valence electrons. The highest BCUT2D eigenvalue weighted by Crippen LogP contribution is 2.24. The standard InChI is InChI=1S/C21H20ClN3/c1-4-16-5-7-17(8-6-16)11-20-14(2)24-25(15(20)3)19-10-9-18(13-23)21(22)12-19/h5-10,12H,4,11H2,1-3H3. The van der Waals surface area contributed by atoms with E-state index >= 15 is 0 Å². The van der Waals surface area contributed by atoms with Crippen LogP contribution >= 0.6 is 11.6 Å². The predicted molar refractivity (Wildman–Crippen MR) is 101 cm³/mol. The second-order valence-electron chi connectivity index (χ2n) is 6.18. The molecule has 1 heterocycles. The Kier molecular flexibility index (Phi) is 4.92. The van der Waals surface area contributed by atoms with Crippen LogP contribution in [0.15, 0.2) is 42.5 Å². The number of nitrogens with zero attached hydrogens (tertiary/aromatic N) is 3. The minimum absolute atomic E-state index is 0.448. The third-order valence-electron chi connectivity index (χ3n) is 4.57. The SMILES string of the molecule is CCc1ccc(Cc2c(C)nn(-c3ccc(C#N)c(Cl)c3)c2C)cc1. The Morgan fingerprint density at radius 1 is 1.08 bits per heavy atom. The van der Waals surface area contributed by atoms with Crippen molar-refractivity contribution in [2.24, 2.45) is 0 Å². The number of rotatable bonds is 4. The first-order chi connectivity index (χ1) is 12.0. The van der Waals surface area contributed by atoms with Crippen molar-refractivity contribution < 1.29 is 0 Å². The van der Waals surface area contributed by atoms with Gasteiger partial charge in [-0.15, -0.1) is 0 Å². The fourth-order valence-electron chi connectivity index (χ4n) is 3.01. The Morgan fingerprint density at radius 3 is 2.36 bits per heavy atom. The summed E-state index contributed by atoms with van der Waals surface area (Å²) in [7, 11) is 0. The Balaban J connectivity index is 1.95. The van der Waals surface area contributed by atoms with Gasteiger partial charge in [0.05, 0.1) is 22.0 Å². The maximum absolute atomic E-state index is 9.03. The topological polar surface area (TPSA) is 41.6 Å². The first-order valence-corrected chi connectivity index (χ1v) is 8.74. The van der Waals surface area contributed by atoms with Crippen LogP contribution in [0.2, 0.25) is 5.02 Å². The average Bonchev–Trinajstić information content (AvgIpc) is 2.90. The first-order valence-electron chi connectivity index (χ1n) is 8.36. The number of halogens is 1. The molecule has 2 aromatic carbocycles. The van der Waals surface area contributed by atoms with Crippen LogP contribution in [0.1, 0.15) is 40.6 Å². The minimum Gasteiger partial charge on any atom is -0.238 e. The normalized spacial score (nSPS) is 10.7. The number of hydrogen-bond acceptors (Lipinski definition) is 2. The molecule has 0 N–H and O–H groups in total. The zero-order valence-corrected chi connectivity index (χ0v) is 15.4. The van der Waals surface area contributed by atoms with Crippen molar-refractivity contribution in [3.8, 4) is 11.8 Å². The maximum Gasteiger partial charge on any atom is 0.101 e. The van der Waals surface area contributed by atoms with Gasteiger partial charge in [-0.3, -0.25) is 0 Å². The molecule has 3 nitrogen and oxygen atoms in total. The van der Waals surface area contributed by atoms with Crippen LogP contribution in [0.4, 0.5) is 0 Å². The van der Waals surface area contributed by atoms with E-state index in [-0.39, 0.29) is 0 Å². The molecule has 3 rings (SSSR count). The lowest BCUT2D eigenvalue weighted by molar-refractivity contribution is 0.832. The molecule has 0 aliphatic rings. The zero-order valence-electron chi connectivity index (χ0n) is 14.7. The lowest BCUT2D eigenvalue weighted by Gasteiger charge is -2.07. The van der Waals surface area contributed by atoms with Crippen LogP contribution in [0.25, 0.3) is 5.69 Å². The summed E-state index contributed by atoms with van der Waals surface area (Å²) >= 11 is 6.17. The highest BCUT2D eigenvalue weighted by molar-refractivity contribution is 6.31. The monoisotopic (exact) mass is 349 g/mol. The van der Waals surface area contributed by atoms with Crippen molar-refractivity contribution >= 4 is 11.6 Å². The van der Waals surface area contributed by atoms with Gasteiger partial charge in [-0.1, -0.05) is 42.8 Å². The van der Waals surface area contributed by atoms with Crippen LogP contribution < -0.4 is 0 Å². The molecule has 0 saturated carbocycles. The molecule has 0 fully saturated rings. The van der Waals surface area contributed by atoms with E-state index in [0.717, 1.165) is 29.9 Å². The third kappa shape index (κ3) is 3.45. The van der Waals surface area contributed by atoms with Crippen LogP contribution in [-0.2, 0) is 12.8 Å². The minimum atomic E-state index is 0.448. The van der Waals surface area contributed by atoms with E-state index in [0.29, 0.717) is 10.6 Å². The summed E-state index contributed by atoms with van der Waals surface area (Å²) < 4.78 is 1.90. The molecule has 0 atom stereocenters. The molecule has 4 heteroatoms. The fourth-order valence-corrected chi connectivity index (χ4v) is 3.22. The van der Waals surface area contributed by atoms with E-state index in [1.807, 2.05) is 17.7 Å². The van der Waals surface area contributed by atoms with Crippen LogP contribution in [0.5, 0.6) is 0 Å². The maximum atomic E-state index is 9.03. The summed E-state index contributed by atoms with van der Waals surface area (Å²) in [4.78, 5) is 0. The Labute approximate surface area is 153 Å². The lowest BCUT2D eigenvalue weighted by Crippen LogP contribution is -2.00. The molecular formula is C21H20ClN3. The highest BCUT2D eigenvalue weighted by atomic mass is 35.5. The quantitative estimate of drug-likeness (QED) is 0.652. The molecule has 0 amide bonds. The average molecular weight is 350 g/mol. The molecule has 0 unspecified atom stereocenters. The second-order valence-corrected chi connectivity index (χ2v) is 6.59. The molecule has 25 heavy (non-hydrogen) atoms. The van der Waals surface area contributed by atoms with Crippen molar-refractivity contribution in [3.63, 3.8) is 0 Å². The zero-order chi connectivity index (χ0) is 18.0. The van der Waals surface area contributed by atoms with E-state index < -0.39 is 0 Å². The van der Waals surface area contributed by atoms with Gasteiger partial charge in [0.25, 0.3) is 0 Å². The van der Waals surface area contributed by atoms with Crippen LogP contribution in [0, 0.1) is 25.2 Å². The van der Waals surface area contributed by atoms with E-state index in [2.05, 4.69) is 49.3 Å². The number of hydrogen-bond donors (Lipinski definition) is 0. The number of benzene rings is 2. The Morgan fingerprint density at radius 2 is 1.76 bits per heavy atom. The van der Waals surface area contributed by atoms with Gasteiger partial charge in [-0.05, 0) is 49.6 Å². The van der Waals surface area contributed by atoms with E-state index in [1.54, 1.807) is 12.1 Å². The molecule has 0 aliphatic heterocycles. The summed E-state index contributed by atoms with van der Waals surface area (Å²) in [5, 5.41) is 14.2. The summed E-state index contributed by atoms with van der Waals surface area (Å²) in [5.74, 6) is 0. The van der Waals surface area contributed by atoms with Crippen molar-refractivity contribution in [3.05, 3.63) is 81.1 Å². The van der Waals surface area contributed by atoms with Crippen molar-refractivity contribution in [2.45, 2.75) is 33.6 Å². The largest absolute Gasteiger partial charge is 0.238 e. The first kappa shape index (κ1) is 17.3. The van der Waals surface area contributed by atoms with Crippen LogP contribution in [-0.4, -0.2) is 9.78 Å². The molecule has 0 aliphatic carbocycles. The Bertz CT molecular complexity index is 947. The van der Waals surface area contributed by atoms with Crippen molar-refractivity contribution in [1.29, 1.82) is 5.26 Å². The van der Waals surface area contributed by atoms with Gasteiger partial charge in [0.15, 0.2) is 0 Å². The molecule has 0 saturated heterocycles. The smallest absolute Gasteiger partial charge is 0.101 e. The molecule has 1 aromatic heterocycles. The molecule has 0 spiro atoms. The van der Waals surface area contributed by atoms with Gasteiger partial charge in [0, 0.05) is 17.7 Å². The predicted octanol–water partition coefficient (Wildman–Crippen LogP) is 5.17. The molecule has 3 aromatic rings. The van der Waals surface area contributed by atoms with Gasteiger partial charge < -0.3 is 0 Å². The van der Waals surface area contributed by atoms with Crippen molar-refractivity contribution in [2.75, 3.05) is 0 Å². The number of aryl methyl sites for hydroxylation is 2. The van der Waals surface area contributed by atoms with Gasteiger partial charge >= 0.3 is 0 Å². The molecular weight excluding hydrogens is 330 g/mol. The van der Waals surface area contributed by atoms with Gasteiger partial charge in [-0.25, -0.2) is 4.68 Å². The summed E-state index contributed by atoms with van der Waals surface area (Å²) in [6, 6.07) is 16.2.